The van der Waals surface area contributed by atoms with E-state index in [-0.39, 0.29) is 24.0 Å². The number of nitrogens with one attached hydrogen (secondary N) is 2. The number of para-hydroxylation sites is 2. The Kier molecular flexibility index (Phi) is 10.9. The van der Waals surface area contributed by atoms with E-state index in [0.717, 1.165) is 66.5 Å². The molecule has 1 aliphatic heterocycles. The summed E-state index contributed by atoms with van der Waals surface area (Å²) in [5, 5.41) is 8.99. The number of thiazole rings is 1. The summed E-state index contributed by atoms with van der Waals surface area (Å²) in [4.78, 5) is 11.4. The van der Waals surface area contributed by atoms with Crippen molar-refractivity contribution < 1.29 is 4.74 Å². The second-order valence-electron chi connectivity index (χ2n) is 6.51. The number of nitrogens with zero attached hydrogens (tertiary/aromatic N) is 3. The van der Waals surface area contributed by atoms with E-state index in [2.05, 4.69) is 39.6 Å². The number of rotatable bonds is 9. The lowest BCUT2D eigenvalue weighted by molar-refractivity contribution is 0.415. The molecule has 2 heterocycles. The molecule has 3 rings (SSSR count). The maximum atomic E-state index is 5.51. The average molecular weight is 548 g/mol. The minimum Gasteiger partial charge on any atom is -0.495 e. The molecule has 1 saturated heterocycles. The average Bonchev–Trinajstić information content (AvgIpc) is 3.40. The van der Waals surface area contributed by atoms with Gasteiger partial charge in [-0.2, -0.15) is 0 Å². The molecule has 0 bridgehead atoms. The molecule has 1 unspecified atom stereocenters. The van der Waals surface area contributed by atoms with E-state index in [1.807, 2.05) is 23.7 Å². The van der Waals surface area contributed by atoms with E-state index in [9.17, 15) is 0 Å². The maximum Gasteiger partial charge on any atom is 0.191 e. The molecule has 160 valence electrons. The number of hydrogen-bond acceptors (Lipinski definition) is 6. The fraction of sp³-hybridized carbons (Fsp3) is 0.500. The summed E-state index contributed by atoms with van der Waals surface area (Å²) in [7, 11) is 1.73. The largest absolute Gasteiger partial charge is 0.495 e. The van der Waals surface area contributed by atoms with Crippen LogP contribution < -0.4 is 20.3 Å². The fourth-order valence-corrected chi connectivity index (χ4v) is 4.83. The highest BCUT2D eigenvalue weighted by Gasteiger charge is 2.25. The third-order valence-electron chi connectivity index (χ3n) is 4.51. The van der Waals surface area contributed by atoms with E-state index >= 15 is 0 Å². The predicted octanol–water partition coefficient (Wildman–Crippen LogP) is 4.09. The Labute approximate surface area is 198 Å². The summed E-state index contributed by atoms with van der Waals surface area (Å²) in [6.45, 7) is 5.75. The summed E-state index contributed by atoms with van der Waals surface area (Å²) in [5.74, 6) is 2.89. The van der Waals surface area contributed by atoms with Crippen molar-refractivity contribution in [1.29, 1.82) is 0 Å². The van der Waals surface area contributed by atoms with Gasteiger partial charge in [0.25, 0.3) is 0 Å². The Morgan fingerprint density at radius 1 is 1.41 bits per heavy atom. The summed E-state index contributed by atoms with van der Waals surface area (Å²) in [6, 6.07) is 8.60. The highest BCUT2D eigenvalue weighted by atomic mass is 127. The third-order valence-corrected chi connectivity index (χ3v) is 6.56. The van der Waals surface area contributed by atoms with E-state index in [0.29, 0.717) is 6.04 Å². The molecule has 1 aromatic heterocycles. The van der Waals surface area contributed by atoms with Gasteiger partial charge in [-0.15, -0.1) is 35.3 Å². The summed E-state index contributed by atoms with van der Waals surface area (Å²) < 4.78 is 6.65. The van der Waals surface area contributed by atoms with Gasteiger partial charge in [0.15, 0.2) is 5.96 Å². The zero-order valence-corrected chi connectivity index (χ0v) is 20.9. The molecule has 9 heteroatoms. The van der Waals surface area contributed by atoms with Crippen molar-refractivity contribution in [3.8, 4) is 5.75 Å². The number of aliphatic imine (C=N–C) groups is 1. The van der Waals surface area contributed by atoms with Crippen LogP contribution in [0.3, 0.4) is 0 Å². The SMILES string of the molecule is CCNC(=NCCCSc1nccs1)NC1CCN(c2ccccc2OC)C1.I. The molecule has 29 heavy (non-hydrogen) atoms. The van der Waals surface area contributed by atoms with Gasteiger partial charge >= 0.3 is 0 Å². The molecule has 0 aliphatic carbocycles. The molecule has 1 fully saturated rings. The number of hydrogen-bond donors (Lipinski definition) is 2. The highest BCUT2D eigenvalue weighted by Crippen LogP contribution is 2.30. The molecule has 0 amide bonds. The lowest BCUT2D eigenvalue weighted by atomic mass is 10.2. The number of ether oxygens (including phenoxy) is 1. The molecule has 2 aromatic rings. The number of halogens is 1. The van der Waals surface area contributed by atoms with Crippen molar-refractivity contribution in [3.63, 3.8) is 0 Å². The van der Waals surface area contributed by atoms with Crippen molar-refractivity contribution in [2.24, 2.45) is 4.99 Å². The van der Waals surface area contributed by atoms with Gasteiger partial charge in [-0.1, -0.05) is 23.9 Å². The van der Waals surface area contributed by atoms with Crippen LogP contribution in [-0.4, -0.2) is 56.0 Å². The van der Waals surface area contributed by atoms with Crippen molar-refractivity contribution in [3.05, 3.63) is 35.8 Å². The topological polar surface area (TPSA) is 61.8 Å². The fourth-order valence-electron chi connectivity index (χ4n) is 3.20. The second kappa shape index (κ2) is 13.2. The maximum absolute atomic E-state index is 5.51. The number of methoxy groups -OCH3 is 1. The number of anilines is 1. The lowest BCUT2D eigenvalue weighted by Crippen LogP contribution is -2.44. The van der Waals surface area contributed by atoms with Gasteiger partial charge in [0.2, 0.25) is 0 Å². The molecular weight excluding hydrogens is 517 g/mol. The van der Waals surface area contributed by atoms with Crippen LogP contribution in [0.5, 0.6) is 5.75 Å². The number of benzene rings is 1. The van der Waals surface area contributed by atoms with E-state index in [1.54, 1.807) is 30.2 Å². The van der Waals surface area contributed by atoms with Crippen molar-refractivity contribution in [1.82, 2.24) is 15.6 Å². The van der Waals surface area contributed by atoms with Crippen LogP contribution in [0.15, 0.2) is 45.2 Å². The Balaban J connectivity index is 0.00000300. The van der Waals surface area contributed by atoms with Crippen molar-refractivity contribution in [2.75, 3.05) is 43.9 Å². The minimum absolute atomic E-state index is 0. The van der Waals surface area contributed by atoms with E-state index < -0.39 is 0 Å². The van der Waals surface area contributed by atoms with Gasteiger partial charge in [-0.25, -0.2) is 4.98 Å². The summed E-state index contributed by atoms with van der Waals surface area (Å²) in [6.07, 6.45) is 3.98. The smallest absolute Gasteiger partial charge is 0.191 e. The Hall–Kier alpha value is -1.20. The van der Waals surface area contributed by atoms with E-state index in [4.69, 9.17) is 9.73 Å². The summed E-state index contributed by atoms with van der Waals surface area (Å²) >= 11 is 3.50. The Morgan fingerprint density at radius 3 is 3.03 bits per heavy atom. The zero-order chi connectivity index (χ0) is 19.6. The quantitative estimate of drug-likeness (QED) is 0.162. The molecule has 0 spiro atoms. The van der Waals surface area contributed by atoms with Crippen LogP contribution in [0.25, 0.3) is 0 Å². The third kappa shape index (κ3) is 7.53. The first-order chi connectivity index (χ1) is 13.8. The van der Waals surface area contributed by atoms with Gasteiger partial charge in [0, 0.05) is 49.6 Å². The molecule has 6 nitrogen and oxygen atoms in total. The van der Waals surface area contributed by atoms with Crippen LogP contribution in [0.1, 0.15) is 19.8 Å². The molecule has 0 saturated carbocycles. The van der Waals surface area contributed by atoms with Crippen molar-refractivity contribution >= 4 is 58.7 Å². The molecular formula is C20H30IN5OS2. The normalized spacial score (nSPS) is 16.4. The molecule has 1 atom stereocenters. The van der Waals surface area contributed by atoms with Crippen LogP contribution in [0, 0.1) is 0 Å². The molecule has 1 aromatic carbocycles. The first-order valence-corrected chi connectivity index (χ1v) is 11.6. The van der Waals surface area contributed by atoms with Gasteiger partial charge in [-0.05, 0) is 31.9 Å². The van der Waals surface area contributed by atoms with Crippen LogP contribution >= 0.6 is 47.1 Å². The van der Waals surface area contributed by atoms with Crippen LogP contribution in [0.4, 0.5) is 5.69 Å². The zero-order valence-electron chi connectivity index (χ0n) is 17.0. The Morgan fingerprint density at radius 2 is 2.28 bits per heavy atom. The van der Waals surface area contributed by atoms with Gasteiger partial charge in [0.05, 0.1) is 12.8 Å². The minimum atomic E-state index is 0. The van der Waals surface area contributed by atoms with Crippen LogP contribution in [0.2, 0.25) is 0 Å². The first-order valence-electron chi connectivity index (χ1n) is 9.75. The van der Waals surface area contributed by atoms with Crippen molar-refractivity contribution in [2.45, 2.75) is 30.1 Å². The highest BCUT2D eigenvalue weighted by molar-refractivity contribution is 14.0. The van der Waals surface area contributed by atoms with Crippen LogP contribution in [-0.2, 0) is 0 Å². The molecule has 2 N–H and O–H groups in total. The molecule has 0 radical (unpaired) electrons. The Bertz CT molecular complexity index is 744. The second-order valence-corrected chi connectivity index (χ2v) is 8.75. The number of thioether (sulfide) groups is 1. The first kappa shape index (κ1) is 24.1. The standard InChI is InChI=1S/C20H29N5OS2.HI/c1-3-21-19(22-10-6-13-27-20-23-11-14-28-20)24-16-9-12-25(15-16)17-7-4-5-8-18(17)26-2;/h4-5,7-8,11,14,16H,3,6,9-10,12-13,15H2,1-2H3,(H2,21,22,24);1H. The predicted molar refractivity (Wildman–Crippen MR) is 136 cm³/mol. The van der Waals surface area contributed by atoms with Gasteiger partial charge < -0.3 is 20.3 Å². The van der Waals surface area contributed by atoms with Gasteiger partial charge in [0.1, 0.15) is 10.1 Å². The van der Waals surface area contributed by atoms with E-state index in [1.165, 1.54) is 0 Å². The number of aromatic nitrogens is 1. The lowest BCUT2D eigenvalue weighted by Gasteiger charge is -2.22. The number of guanidine groups is 1. The summed E-state index contributed by atoms with van der Waals surface area (Å²) in [5.41, 5.74) is 1.16. The molecule has 1 aliphatic rings. The monoisotopic (exact) mass is 547 g/mol. The van der Waals surface area contributed by atoms with Gasteiger partial charge in [-0.3, -0.25) is 4.99 Å².